The first-order chi connectivity index (χ1) is 61.3. The molecule has 127 heavy (non-hydrogen) atoms. The summed E-state index contributed by atoms with van der Waals surface area (Å²) >= 11 is 0. The zero-order valence-electron chi connectivity index (χ0n) is 75.5. The Morgan fingerprint density at radius 2 is 1.39 bits per heavy atom. The number of rotatable bonds is 37. The van der Waals surface area contributed by atoms with Crippen molar-refractivity contribution in [3.8, 4) is 11.3 Å². The Balaban J connectivity index is 0.552. The first kappa shape index (κ1) is 100. The number of amides is 3. The SMILES string of the molecule is CO[C@H]1C[C@@H]2CC[C@@H](C)[C@@](O)(O2)C(=O)C(=O)N2CCCC[C@H]2C(=O)O[C@H]([C@H](C)C[C@@H]2CC[C@@H](OC(=O)NCCOCCOCCOCCOCCOCCOCCOCCOCCC(=O)N3CCc4cc(Cn5nc(-c6ccc7oc(N)nc7c6)c6c(N)ncnc65)ccc4C3)[C@H](OC)C2)CC(=O)[C@H](C)/C=C(/C)[C@@H](O)[C@@H](OC)C(=O)[C@H](C)C[C@H](C)/C=C\C=CC=C1C. The lowest BCUT2D eigenvalue weighted by Gasteiger charge is -2.42. The summed E-state index contributed by atoms with van der Waals surface area (Å²) in [5.41, 5.74) is 19.9. The lowest BCUT2D eigenvalue weighted by atomic mass is 9.78. The number of esters is 1. The van der Waals surface area contributed by atoms with Gasteiger partial charge in [0.2, 0.25) is 11.7 Å². The quantitative estimate of drug-likeness (QED) is 0.0107. The summed E-state index contributed by atoms with van der Waals surface area (Å²) in [6.45, 7) is 20.2. The number of ketones is 3. The van der Waals surface area contributed by atoms with E-state index in [1.54, 1.807) is 54.1 Å². The van der Waals surface area contributed by atoms with Gasteiger partial charge in [0.15, 0.2) is 17.0 Å². The molecule has 4 aliphatic heterocycles. The molecule has 700 valence electrons. The number of allylic oxidation sites excluding steroid dienone is 6. The number of nitrogen functional groups attached to an aromatic ring is 2. The number of piperidine rings is 1. The van der Waals surface area contributed by atoms with Crippen molar-refractivity contribution in [2.45, 2.75) is 206 Å². The normalized spacial score (nSPS) is 26.3. The number of Topliss-reactive ketones (excluding diaryl/α,β-unsaturated/α-hetero) is 3. The number of aliphatic hydroxyl groups excluding tert-OH is 1. The number of hydrogen-bond donors (Lipinski definition) is 5. The number of benzene rings is 2. The maximum absolute atomic E-state index is 14.8. The number of aliphatic hydroxyl groups is 2. The van der Waals surface area contributed by atoms with Crippen molar-refractivity contribution < 1.29 is 115 Å². The van der Waals surface area contributed by atoms with Gasteiger partial charge in [-0.05, 0) is 148 Å². The number of ether oxygens (including phenoxy) is 14. The van der Waals surface area contributed by atoms with Crippen molar-refractivity contribution in [1.29, 1.82) is 0 Å². The molecule has 5 aromatic rings. The highest BCUT2D eigenvalue weighted by Crippen LogP contribution is 2.40. The van der Waals surface area contributed by atoms with Crippen molar-refractivity contribution in [2.75, 3.05) is 158 Å². The Hall–Kier alpha value is -8.85. The minimum absolute atomic E-state index is 0.0193. The van der Waals surface area contributed by atoms with Gasteiger partial charge >= 0.3 is 12.1 Å². The van der Waals surface area contributed by atoms with Gasteiger partial charge in [0.1, 0.15) is 59.6 Å². The van der Waals surface area contributed by atoms with Gasteiger partial charge in [-0.3, -0.25) is 24.0 Å². The Morgan fingerprint density at radius 1 is 0.709 bits per heavy atom. The van der Waals surface area contributed by atoms with Crippen LogP contribution in [0.15, 0.2) is 94.7 Å². The Kier molecular flexibility index (Phi) is 40.2. The van der Waals surface area contributed by atoms with E-state index in [0.717, 1.165) is 28.7 Å². The molecule has 34 heteroatoms. The first-order valence-corrected chi connectivity index (χ1v) is 44.8. The average Bonchev–Trinajstić information content (AvgIpc) is 1.71. The van der Waals surface area contributed by atoms with Gasteiger partial charge in [-0.15, -0.1) is 0 Å². The summed E-state index contributed by atoms with van der Waals surface area (Å²) < 4.78 is 88.3. The minimum atomic E-state index is -2.48. The van der Waals surface area contributed by atoms with Crippen molar-refractivity contribution in [3.63, 3.8) is 0 Å². The summed E-state index contributed by atoms with van der Waals surface area (Å²) in [4.78, 5) is 115. The number of fused-ring (bicyclic) bond motifs is 6. The molecule has 15 atom stereocenters. The highest BCUT2D eigenvalue weighted by Gasteiger charge is 2.53. The third kappa shape index (κ3) is 29.3. The maximum atomic E-state index is 14.8. The summed E-state index contributed by atoms with van der Waals surface area (Å²) in [6.07, 6.45) is 11.8. The molecule has 3 aromatic heterocycles. The topological polar surface area (TPSA) is 429 Å². The van der Waals surface area contributed by atoms with Crippen LogP contribution in [0, 0.1) is 35.5 Å². The molecule has 3 fully saturated rings. The van der Waals surface area contributed by atoms with Gasteiger partial charge in [-0.1, -0.05) is 89.3 Å². The molecule has 2 saturated heterocycles. The molecule has 0 spiro atoms. The number of methoxy groups -OCH3 is 3. The number of carbonyl (C=O) groups is 7. The largest absolute Gasteiger partial charge is 0.460 e. The number of aromatic nitrogens is 5. The number of nitrogens with two attached hydrogens (primary N) is 2. The van der Waals surface area contributed by atoms with E-state index in [2.05, 4.69) is 38.5 Å². The molecule has 0 unspecified atom stereocenters. The summed E-state index contributed by atoms with van der Waals surface area (Å²) in [5, 5.41) is 32.1. The molecule has 0 radical (unpaired) electrons. The number of hydrogen-bond acceptors (Lipinski definition) is 30. The van der Waals surface area contributed by atoms with Crippen LogP contribution in [0.1, 0.15) is 149 Å². The predicted molar refractivity (Wildman–Crippen MR) is 470 cm³/mol. The van der Waals surface area contributed by atoms with Crippen molar-refractivity contribution in [3.05, 3.63) is 107 Å². The smallest absolute Gasteiger partial charge is 0.407 e. The number of nitrogens with zero attached hydrogens (tertiary/aromatic N) is 7. The van der Waals surface area contributed by atoms with Crippen LogP contribution in [-0.4, -0.2) is 287 Å². The number of alkyl carbamates (subject to hydrolysis) is 1. The second-order valence-corrected chi connectivity index (χ2v) is 33.9. The standard InChI is InChI=1S/C93H134N10O24/c1-59-16-12-11-13-17-60(2)77(113-8)54-71-24-19-65(7)93(112,127-71)86(108)89(109)102-30-15-14-18-73(102)90(110)124-78(55-74(104)61(3)49-64(6)84(107)85(115-10)83(106)63(5)48-59)62(4)50-66-21-25-76(79(52-66)114-9)126-92(111)96-29-33-117-35-37-119-39-41-121-43-45-123-47-46-122-44-42-120-40-38-118-36-34-116-32-28-80(105)101-31-27-68-51-67(20-22-70(68)57-101)56-103-88-81(87(94)97-58-98-88)82(100-103)69-23-26-75-72(53-69)99-91(95)125-75/h11-13,16-17,20,22-23,26,49,51,53,58-59,61-63,65-66,71,73,76-79,84-85,107,112H,14-15,18-19,21,24-25,27-48,50,52,54-57H2,1-10H3,(H2,95,99)(H,96,111)(H2,94,97,98)/b13-11?,16-12-,60-17?,64-49-/t59-,61-,62-,63-,65-,66+,71+,73+,76-,77+,78+,79-,84-,85+,93-/m1/s1. The molecule has 1 aliphatic carbocycles. The summed E-state index contributed by atoms with van der Waals surface area (Å²) in [6, 6.07) is 10.7. The third-order valence-electron chi connectivity index (χ3n) is 24.5. The van der Waals surface area contributed by atoms with E-state index in [9.17, 15) is 43.8 Å². The lowest BCUT2D eigenvalue weighted by Crippen LogP contribution is -2.61. The summed E-state index contributed by atoms with van der Waals surface area (Å²) in [7, 11) is 4.49. The molecule has 2 aromatic carbocycles. The molecule has 7 N–H and O–H groups in total. The fourth-order valence-corrected chi connectivity index (χ4v) is 17.1. The van der Waals surface area contributed by atoms with Crippen molar-refractivity contribution in [1.82, 2.24) is 39.8 Å². The van der Waals surface area contributed by atoms with E-state index < -0.39 is 102 Å². The fraction of sp³-hybridized carbons (Fsp3) is 0.645. The van der Waals surface area contributed by atoms with E-state index in [-0.39, 0.29) is 80.7 Å². The van der Waals surface area contributed by atoms with Crippen molar-refractivity contribution in [2.24, 2.45) is 35.5 Å². The monoisotopic (exact) mass is 1770 g/mol. The molecule has 3 amide bonds. The molecular weight excluding hydrogens is 1640 g/mol. The zero-order valence-corrected chi connectivity index (χ0v) is 75.5. The van der Waals surface area contributed by atoms with Crippen LogP contribution >= 0.6 is 0 Å². The van der Waals surface area contributed by atoms with Crippen LogP contribution in [0.3, 0.4) is 0 Å². The maximum Gasteiger partial charge on any atom is 0.407 e. The van der Waals surface area contributed by atoms with Crippen LogP contribution < -0.4 is 16.8 Å². The van der Waals surface area contributed by atoms with Crippen molar-refractivity contribution >= 4 is 75.2 Å². The van der Waals surface area contributed by atoms with E-state index in [0.29, 0.717) is 216 Å². The van der Waals surface area contributed by atoms with Gasteiger partial charge in [0.25, 0.3) is 17.7 Å². The highest BCUT2D eigenvalue weighted by molar-refractivity contribution is 6.39. The van der Waals surface area contributed by atoms with Gasteiger partial charge < -0.3 is 108 Å². The van der Waals surface area contributed by atoms with Crippen LogP contribution in [0.25, 0.3) is 33.4 Å². The predicted octanol–water partition coefficient (Wildman–Crippen LogP) is 9.18. The number of anilines is 2. The second kappa shape index (κ2) is 50.9. The van der Waals surface area contributed by atoms with Gasteiger partial charge in [0, 0.05) is 83.7 Å². The van der Waals surface area contributed by atoms with Gasteiger partial charge in [-0.2, -0.15) is 10.1 Å². The van der Waals surface area contributed by atoms with Crippen LogP contribution in [0.5, 0.6) is 0 Å². The molecule has 5 aliphatic rings. The number of oxazole rings is 1. The molecule has 1 saturated carbocycles. The van der Waals surface area contributed by atoms with E-state index in [1.165, 1.54) is 23.9 Å². The lowest BCUT2D eigenvalue weighted by molar-refractivity contribution is -0.265. The number of carbonyl (C=O) groups excluding carboxylic acids is 7. The van der Waals surface area contributed by atoms with Crippen LogP contribution in [0.2, 0.25) is 0 Å². The van der Waals surface area contributed by atoms with E-state index in [1.807, 2.05) is 72.9 Å². The first-order valence-electron chi connectivity index (χ1n) is 44.8. The molecule has 34 nitrogen and oxygen atoms in total. The van der Waals surface area contributed by atoms with Crippen LogP contribution in [0.4, 0.5) is 16.6 Å². The van der Waals surface area contributed by atoms with E-state index in [4.69, 9.17) is 87.3 Å². The second-order valence-electron chi connectivity index (χ2n) is 33.9. The van der Waals surface area contributed by atoms with Gasteiger partial charge in [0.05, 0.1) is 142 Å². The Morgan fingerprint density at radius 3 is 2.06 bits per heavy atom. The molecule has 2 bridgehead atoms. The van der Waals surface area contributed by atoms with Gasteiger partial charge in [-0.25, -0.2) is 24.2 Å². The Labute approximate surface area is 744 Å². The number of cyclic esters (lactones) is 1. The fourth-order valence-electron chi connectivity index (χ4n) is 17.1. The zero-order chi connectivity index (χ0) is 90.9. The Bertz CT molecular complexity index is 4510. The molecule has 7 heterocycles. The molecular formula is C93H134N10O24. The average molecular weight is 1780 g/mol. The van der Waals surface area contributed by atoms with E-state index >= 15 is 0 Å². The minimum Gasteiger partial charge on any atom is -0.460 e. The molecule has 10 rings (SSSR count). The third-order valence-corrected chi connectivity index (χ3v) is 24.5. The van der Waals surface area contributed by atoms with Crippen LogP contribution in [-0.2, 0) is 115 Å². The number of nitrogens with one attached hydrogen (secondary N) is 1. The summed E-state index contributed by atoms with van der Waals surface area (Å²) in [5.74, 6) is -8.31. The highest BCUT2D eigenvalue weighted by atomic mass is 16.6.